The molecule has 0 atom stereocenters. The standard InChI is InChI=1S/C11H8F3N3S/c1-6-5-18-11(16-6)17-15-4-7-2-8(12)10(14)9(13)3-7/h2-5H,1H3,(H,16,17). The van der Waals surface area contributed by atoms with Crippen LogP contribution in [0.2, 0.25) is 0 Å². The van der Waals surface area contributed by atoms with E-state index in [2.05, 4.69) is 15.5 Å². The Morgan fingerprint density at radius 3 is 2.50 bits per heavy atom. The highest BCUT2D eigenvalue weighted by atomic mass is 32.1. The van der Waals surface area contributed by atoms with Gasteiger partial charge in [0, 0.05) is 10.9 Å². The van der Waals surface area contributed by atoms with Gasteiger partial charge in [0.2, 0.25) is 5.13 Å². The van der Waals surface area contributed by atoms with E-state index < -0.39 is 17.5 Å². The number of aryl methyl sites for hydroxylation is 1. The van der Waals surface area contributed by atoms with Gasteiger partial charge in [0.25, 0.3) is 0 Å². The summed E-state index contributed by atoms with van der Waals surface area (Å²) in [5.41, 5.74) is 3.57. The smallest absolute Gasteiger partial charge is 0.203 e. The minimum absolute atomic E-state index is 0.118. The fourth-order valence-corrected chi connectivity index (χ4v) is 1.85. The van der Waals surface area contributed by atoms with Crippen LogP contribution in [0.5, 0.6) is 0 Å². The fraction of sp³-hybridized carbons (Fsp3) is 0.0909. The van der Waals surface area contributed by atoms with E-state index in [0.717, 1.165) is 17.8 Å². The second-order valence-corrected chi connectivity index (χ2v) is 4.32. The lowest BCUT2D eigenvalue weighted by atomic mass is 10.2. The number of thiazole rings is 1. The van der Waals surface area contributed by atoms with Crippen molar-refractivity contribution in [2.24, 2.45) is 5.10 Å². The molecule has 0 aliphatic heterocycles. The third kappa shape index (κ3) is 2.86. The molecule has 0 bridgehead atoms. The monoisotopic (exact) mass is 271 g/mol. The van der Waals surface area contributed by atoms with Gasteiger partial charge in [-0.05, 0) is 19.1 Å². The molecule has 1 aromatic heterocycles. The van der Waals surface area contributed by atoms with Crippen LogP contribution in [0.3, 0.4) is 0 Å². The molecule has 3 nitrogen and oxygen atoms in total. The number of nitrogens with one attached hydrogen (secondary N) is 1. The van der Waals surface area contributed by atoms with Crippen LogP contribution in [0.1, 0.15) is 11.3 Å². The maximum absolute atomic E-state index is 12.9. The lowest BCUT2D eigenvalue weighted by molar-refractivity contribution is 0.447. The first-order valence-corrected chi connectivity index (χ1v) is 5.80. The summed E-state index contributed by atoms with van der Waals surface area (Å²) in [6.07, 6.45) is 1.18. The number of benzene rings is 1. The molecule has 2 rings (SSSR count). The Kier molecular flexibility index (Phi) is 3.61. The van der Waals surface area contributed by atoms with Crippen LogP contribution < -0.4 is 5.43 Å². The van der Waals surface area contributed by atoms with E-state index in [4.69, 9.17) is 0 Å². The molecule has 0 unspecified atom stereocenters. The zero-order chi connectivity index (χ0) is 13.1. The second-order valence-electron chi connectivity index (χ2n) is 3.46. The van der Waals surface area contributed by atoms with E-state index in [1.165, 1.54) is 17.6 Å². The van der Waals surface area contributed by atoms with Crippen LogP contribution in [-0.4, -0.2) is 11.2 Å². The van der Waals surface area contributed by atoms with Crippen molar-refractivity contribution in [1.82, 2.24) is 4.98 Å². The van der Waals surface area contributed by atoms with E-state index in [1.807, 2.05) is 12.3 Å². The van der Waals surface area contributed by atoms with Crippen molar-refractivity contribution >= 4 is 22.7 Å². The predicted molar refractivity (Wildman–Crippen MR) is 64.4 cm³/mol. The van der Waals surface area contributed by atoms with Gasteiger partial charge in [-0.25, -0.2) is 18.2 Å². The highest BCUT2D eigenvalue weighted by Crippen LogP contribution is 2.15. The lowest BCUT2D eigenvalue weighted by Crippen LogP contribution is -1.95. The summed E-state index contributed by atoms with van der Waals surface area (Å²) in [5.74, 6) is -3.99. The quantitative estimate of drug-likeness (QED) is 0.528. The summed E-state index contributed by atoms with van der Waals surface area (Å²) in [7, 11) is 0. The summed E-state index contributed by atoms with van der Waals surface area (Å²) in [5, 5.41) is 6.14. The SMILES string of the molecule is Cc1csc(NN=Cc2cc(F)c(F)c(F)c2)n1. The number of halogens is 3. The number of rotatable bonds is 3. The molecule has 1 aromatic carbocycles. The van der Waals surface area contributed by atoms with Crippen LogP contribution in [0, 0.1) is 24.4 Å². The third-order valence-corrected chi connectivity index (χ3v) is 2.86. The van der Waals surface area contributed by atoms with Gasteiger partial charge in [0.1, 0.15) is 0 Å². The first kappa shape index (κ1) is 12.6. The number of hydrogen-bond acceptors (Lipinski definition) is 4. The summed E-state index contributed by atoms with van der Waals surface area (Å²) in [6, 6.07) is 1.72. The molecule has 2 aromatic rings. The molecule has 94 valence electrons. The molecule has 7 heteroatoms. The van der Waals surface area contributed by atoms with E-state index in [-0.39, 0.29) is 5.56 Å². The number of hydrazone groups is 1. The first-order chi connectivity index (χ1) is 8.56. The van der Waals surface area contributed by atoms with Gasteiger partial charge in [-0.1, -0.05) is 0 Å². The highest BCUT2D eigenvalue weighted by molar-refractivity contribution is 7.13. The summed E-state index contributed by atoms with van der Waals surface area (Å²) < 4.78 is 38.5. The second kappa shape index (κ2) is 5.18. The molecule has 0 radical (unpaired) electrons. The zero-order valence-corrected chi connectivity index (χ0v) is 10.1. The minimum atomic E-state index is -1.49. The van der Waals surface area contributed by atoms with Crippen LogP contribution in [0.4, 0.5) is 18.3 Å². The average molecular weight is 271 g/mol. The fourth-order valence-electron chi connectivity index (χ4n) is 1.22. The minimum Gasteiger partial charge on any atom is -0.253 e. The molecule has 0 fully saturated rings. The molecule has 18 heavy (non-hydrogen) atoms. The Labute approximate surface area is 105 Å². The molecule has 1 N–H and O–H groups in total. The van der Waals surface area contributed by atoms with Crippen molar-refractivity contribution in [1.29, 1.82) is 0 Å². The molecule has 0 saturated carbocycles. The van der Waals surface area contributed by atoms with Crippen molar-refractivity contribution < 1.29 is 13.2 Å². The van der Waals surface area contributed by atoms with Crippen molar-refractivity contribution in [3.63, 3.8) is 0 Å². The van der Waals surface area contributed by atoms with Crippen molar-refractivity contribution in [2.75, 3.05) is 5.43 Å². The summed E-state index contributed by atoms with van der Waals surface area (Å²) in [4.78, 5) is 4.08. The van der Waals surface area contributed by atoms with Crippen molar-refractivity contribution in [3.8, 4) is 0 Å². The number of aromatic nitrogens is 1. The number of nitrogens with zero attached hydrogens (tertiary/aromatic N) is 2. The average Bonchev–Trinajstić information content (AvgIpc) is 2.72. The Hall–Kier alpha value is -1.89. The number of anilines is 1. The van der Waals surface area contributed by atoms with E-state index in [9.17, 15) is 13.2 Å². The van der Waals surface area contributed by atoms with Gasteiger partial charge in [-0.15, -0.1) is 11.3 Å². The van der Waals surface area contributed by atoms with Crippen LogP contribution in [0.25, 0.3) is 0 Å². The van der Waals surface area contributed by atoms with E-state index in [1.54, 1.807) is 0 Å². The maximum Gasteiger partial charge on any atom is 0.203 e. The van der Waals surface area contributed by atoms with Gasteiger partial charge >= 0.3 is 0 Å². The van der Waals surface area contributed by atoms with Crippen molar-refractivity contribution in [3.05, 3.63) is 46.2 Å². The van der Waals surface area contributed by atoms with Gasteiger partial charge < -0.3 is 0 Å². The normalized spacial score (nSPS) is 11.1. The highest BCUT2D eigenvalue weighted by Gasteiger charge is 2.09. The molecule has 0 saturated heterocycles. The van der Waals surface area contributed by atoms with E-state index in [0.29, 0.717) is 5.13 Å². The molecule has 0 spiro atoms. The third-order valence-electron chi connectivity index (χ3n) is 2.00. The largest absolute Gasteiger partial charge is 0.253 e. The van der Waals surface area contributed by atoms with Crippen LogP contribution >= 0.6 is 11.3 Å². The molecule has 0 amide bonds. The molecular weight excluding hydrogens is 263 g/mol. The van der Waals surface area contributed by atoms with Gasteiger partial charge in [-0.2, -0.15) is 5.10 Å². The van der Waals surface area contributed by atoms with Gasteiger partial charge in [0.05, 0.1) is 11.9 Å². The molecule has 0 aliphatic carbocycles. The van der Waals surface area contributed by atoms with Crippen LogP contribution in [0.15, 0.2) is 22.6 Å². The van der Waals surface area contributed by atoms with Gasteiger partial charge in [0.15, 0.2) is 17.5 Å². The molecule has 0 aliphatic rings. The summed E-state index contributed by atoms with van der Waals surface area (Å²) >= 11 is 1.35. The Morgan fingerprint density at radius 2 is 1.94 bits per heavy atom. The van der Waals surface area contributed by atoms with E-state index >= 15 is 0 Å². The Balaban J connectivity index is 2.09. The zero-order valence-electron chi connectivity index (χ0n) is 9.25. The Bertz CT molecular complexity index is 572. The van der Waals surface area contributed by atoms with Gasteiger partial charge in [-0.3, -0.25) is 5.43 Å². The molecule has 1 heterocycles. The first-order valence-electron chi connectivity index (χ1n) is 4.92. The predicted octanol–water partition coefficient (Wildman–Crippen LogP) is 3.31. The molecular formula is C11H8F3N3S. The van der Waals surface area contributed by atoms with Crippen molar-refractivity contribution in [2.45, 2.75) is 6.92 Å². The topological polar surface area (TPSA) is 37.3 Å². The number of hydrogen-bond donors (Lipinski definition) is 1. The summed E-state index contributed by atoms with van der Waals surface area (Å²) in [6.45, 7) is 1.83. The maximum atomic E-state index is 12.9. The Morgan fingerprint density at radius 1 is 1.28 bits per heavy atom. The lowest BCUT2D eigenvalue weighted by Gasteiger charge is -1.98. The van der Waals surface area contributed by atoms with Crippen LogP contribution in [-0.2, 0) is 0 Å².